The fourth-order valence-electron chi connectivity index (χ4n) is 1.52. The van der Waals surface area contributed by atoms with Crippen LogP contribution in [-0.2, 0) is 0 Å². The van der Waals surface area contributed by atoms with Gasteiger partial charge in [0.25, 0.3) is 5.91 Å². The minimum absolute atomic E-state index is 0.0352. The van der Waals surface area contributed by atoms with Crippen LogP contribution in [0.3, 0.4) is 0 Å². The number of rotatable bonds is 3. The van der Waals surface area contributed by atoms with E-state index in [9.17, 15) is 13.6 Å². The zero-order valence-corrected chi connectivity index (χ0v) is 10.5. The summed E-state index contributed by atoms with van der Waals surface area (Å²) in [5, 5.41) is 9.21. The molecule has 0 atom stereocenters. The van der Waals surface area contributed by atoms with E-state index >= 15 is 0 Å². The van der Waals surface area contributed by atoms with Crippen LogP contribution in [0.15, 0.2) is 24.3 Å². The van der Waals surface area contributed by atoms with Gasteiger partial charge in [0.15, 0.2) is 17.5 Å². The van der Waals surface area contributed by atoms with Gasteiger partial charge in [-0.15, -0.1) is 0 Å². The van der Waals surface area contributed by atoms with Crippen LogP contribution in [0.25, 0.3) is 0 Å². The molecule has 0 aliphatic carbocycles. The van der Waals surface area contributed by atoms with Crippen LogP contribution in [-0.4, -0.2) is 16.1 Å². The summed E-state index contributed by atoms with van der Waals surface area (Å²) in [6.45, 7) is 3.96. The van der Waals surface area contributed by atoms with E-state index in [0.29, 0.717) is 5.82 Å². The smallest absolute Gasteiger partial charge is 0.256 e. The van der Waals surface area contributed by atoms with Crippen molar-refractivity contribution in [1.82, 2.24) is 10.2 Å². The molecule has 4 nitrogen and oxygen atoms in total. The van der Waals surface area contributed by atoms with Gasteiger partial charge in [-0.05, 0) is 24.1 Å². The van der Waals surface area contributed by atoms with Crippen molar-refractivity contribution in [1.29, 1.82) is 0 Å². The summed E-state index contributed by atoms with van der Waals surface area (Å²) in [7, 11) is 0. The number of H-pyrrole nitrogens is 1. The number of aromatic nitrogens is 2. The molecule has 19 heavy (non-hydrogen) atoms. The minimum Gasteiger partial charge on any atom is -0.305 e. The van der Waals surface area contributed by atoms with Gasteiger partial charge in [0.2, 0.25) is 0 Å². The molecule has 0 saturated carbocycles. The second-order valence-electron chi connectivity index (χ2n) is 4.45. The van der Waals surface area contributed by atoms with Gasteiger partial charge >= 0.3 is 0 Å². The minimum atomic E-state index is -1.06. The molecule has 0 aliphatic heterocycles. The molecule has 100 valence electrons. The molecule has 0 saturated heterocycles. The Kier molecular flexibility index (Phi) is 3.59. The average Bonchev–Trinajstić information content (AvgIpc) is 2.81. The van der Waals surface area contributed by atoms with E-state index in [2.05, 4.69) is 15.5 Å². The first-order valence-electron chi connectivity index (χ1n) is 5.79. The number of anilines is 1. The molecule has 6 heteroatoms. The lowest BCUT2D eigenvalue weighted by Gasteiger charge is -2.02. The number of nitrogens with one attached hydrogen (secondary N) is 2. The Hall–Kier alpha value is -2.24. The molecule has 1 heterocycles. The second kappa shape index (κ2) is 5.17. The van der Waals surface area contributed by atoms with Crippen LogP contribution < -0.4 is 5.32 Å². The normalized spacial score (nSPS) is 10.8. The van der Waals surface area contributed by atoms with E-state index in [1.807, 2.05) is 13.8 Å². The van der Waals surface area contributed by atoms with E-state index in [4.69, 9.17) is 0 Å². The summed E-state index contributed by atoms with van der Waals surface area (Å²) in [6.07, 6.45) is 0. The lowest BCUT2D eigenvalue weighted by molar-refractivity contribution is 0.102. The third kappa shape index (κ3) is 2.96. The lowest BCUT2D eigenvalue weighted by Crippen LogP contribution is -2.12. The molecule has 2 rings (SSSR count). The van der Waals surface area contributed by atoms with E-state index in [1.54, 1.807) is 6.07 Å². The van der Waals surface area contributed by atoms with Crippen molar-refractivity contribution < 1.29 is 13.6 Å². The topological polar surface area (TPSA) is 57.8 Å². The lowest BCUT2D eigenvalue weighted by atomic mass is 10.1. The fourth-order valence-corrected chi connectivity index (χ4v) is 1.52. The molecule has 1 aromatic heterocycles. The van der Waals surface area contributed by atoms with Gasteiger partial charge in [0.05, 0.1) is 0 Å². The number of hydrogen-bond donors (Lipinski definition) is 2. The molecule has 0 radical (unpaired) electrons. The number of benzene rings is 1. The van der Waals surface area contributed by atoms with Gasteiger partial charge in [-0.1, -0.05) is 13.8 Å². The first kappa shape index (κ1) is 13.2. The van der Waals surface area contributed by atoms with Crippen LogP contribution in [0.5, 0.6) is 0 Å². The largest absolute Gasteiger partial charge is 0.305 e. The van der Waals surface area contributed by atoms with Crippen molar-refractivity contribution in [3.8, 4) is 0 Å². The van der Waals surface area contributed by atoms with E-state index in [-0.39, 0.29) is 11.5 Å². The van der Waals surface area contributed by atoms with E-state index < -0.39 is 17.5 Å². The molecular weight excluding hydrogens is 252 g/mol. The maximum absolute atomic E-state index is 13.0. The summed E-state index contributed by atoms with van der Waals surface area (Å²) >= 11 is 0. The van der Waals surface area contributed by atoms with Crippen molar-refractivity contribution in [2.75, 3.05) is 5.32 Å². The van der Waals surface area contributed by atoms with Crippen molar-refractivity contribution in [2.24, 2.45) is 0 Å². The fraction of sp³-hybridized carbons (Fsp3) is 0.231. The molecule has 1 amide bonds. The molecule has 0 unspecified atom stereocenters. The predicted octanol–water partition coefficient (Wildman–Crippen LogP) is 3.06. The molecule has 0 bridgehead atoms. The Balaban J connectivity index is 2.13. The molecule has 2 aromatic rings. The Labute approximate surface area is 108 Å². The Morgan fingerprint density at radius 1 is 1.26 bits per heavy atom. The highest BCUT2D eigenvalue weighted by Crippen LogP contribution is 2.16. The van der Waals surface area contributed by atoms with E-state index in [1.165, 1.54) is 6.07 Å². The molecule has 2 N–H and O–H groups in total. The summed E-state index contributed by atoms with van der Waals surface area (Å²) in [6, 6.07) is 4.67. The van der Waals surface area contributed by atoms with Crippen molar-refractivity contribution >= 4 is 11.7 Å². The number of halogens is 2. The number of aromatic amines is 1. The number of carbonyl (C=O) groups is 1. The van der Waals surface area contributed by atoms with Crippen LogP contribution >= 0.6 is 0 Å². The SMILES string of the molecule is CC(C)c1cc(NC(=O)c2ccc(F)c(F)c2)n[nH]1. The summed E-state index contributed by atoms with van der Waals surface area (Å²) in [4.78, 5) is 11.8. The molecule has 0 fully saturated rings. The van der Waals surface area contributed by atoms with Crippen LogP contribution in [0.2, 0.25) is 0 Å². The number of hydrogen-bond acceptors (Lipinski definition) is 2. The number of amides is 1. The highest BCUT2D eigenvalue weighted by atomic mass is 19.2. The van der Waals surface area contributed by atoms with Gasteiger partial charge in [0, 0.05) is 17.3 Å². The third-order valence-electron chi connectivity index (χ3n) is 2.64. The zero-order chi connectivity index (χ0) is 14.0. The van der Waals surface area contributed by atoms with Crippen LogP contribution in [0.4, 0.5) is 14.6 Å². The van der Waals surface area contributed by atoms with Crippen LogP contribution in [0.1, 0.15) is 35.8 Å². The van der Waals surface area contributed by atoms with Gasteiger partial charge in [-0.25, -0.2) is 8.78 Å². The van der Waals surface area contributed by atoms with Crippen molar-refractivity contribution in [2.45, 2.75) is 19.8 Å². The maximum atomic E-state index is 13.0. The summed E-state index contributed by atoms with van der Waals surface area (Å²) < 4.78 is 25.8. The van der Waals surface area contributed by atoms with Gasteiger partial charge in [-0.3, -0.25) is 9.89 Å². The van der Waals surface area contributed by atoms with Gasteiger partial charge in [0.1, 0.15) is 0 Å². The Morgan fingerprint density at radius 3 is 2.58 bits per heavy atom. The standard InChI is InChI=1S/C13H13F2N3O/c1-7(2)11-6-12(18-17-11)16-13(19)8-3-4-9(14)10(15)5-8/h3-7H,1-2H3,(H2,16,17,18,19). The number of carbonyl (C=O) groups excluding carboxylic acids is 1. The zero-order valence-electron chi connectivity index (χ0n) is 10.5. The van der Waals surface area contributed by atoms with Crippen molar-refractivity contribution in [3.05, 3.63) is 47.2 Å². The third-order valence-corrected chi connectivity index (χ3v) is 2.64. The highest BCUT2D eigenvalue weighted by Gasteiger charge is 2.12. The average molecular weight is 265 g/mol. The number of nitrogens with zero attached hydrogens (tertiary/aromatic N) is 1. The van der Waals surface area contributed by atoms with E-state index in [0.717, 1.165) is 17.8 Å². The second-order valence-corrected chi connectivity index (χ2v) is 4.45. The predicted molar refractivity (Wildman–Crippen MR) is 67.0 cm³/mol. The van der Waals surface area contributed by atoms with Gasteiger partial charge in [-0.2, -0.15) is 5.10 Å². The Bertz CT molecular complexity index is 608. The molecule has 0 spiro atoms. The van der Waals surface area contributed by atoms with Crippen molar-refractivity contribution in [3.63, 3.8) is 0 Å². The molecular formula is C13H13F2N3O. The molecule has 1 aromatic carbocycles. The monoisotopic (exact) mass is 265 g/mol. The van der Waals surface area contributed by atoms with Gasteiger partial charge < -0.3 is 5.32 Å². The first-order valence-corrected chi connectivity index (χ1v) is 5.79. The quantitative estimate of drug-likeness (QED) is 0.896. The summed E-state index contributed by atoms with van der Waals surface area (Å²) in [5.74, 6) is -1.99. The highest BCUT2D eigenvalue weighted by molar-refractivity contribution is 6.03. The first-order chi connectivity index (χ1) is 8.97. The Morgan fingerprint density at radius 2 is 2.00 bits per heavy atom. The van der Waals surface area contributed by atoms with Crippen LogP contribution in [0, 0.1) is 11.6 Å². The molecule has 0 aliphatic rings. The summed E-state index contributed by atoms with van der Waals surface area (Å²) in [5.41, 5.74) is 0.911. The maximum Gasteiger partial charge on any atom is 0.256 e.